The van der Waals surface area contributed by atoms with Gasteiger partial charge in [-0.25, -0.2) is 8.42 Å². The zero-order valence-corrected chi connectivity index (χ0v) is 13.9. The highest BCUT2D eigenvalue weighted by Gasteiger charge is 2.29. The van der Waals surface area contributed by atoms with Crippen molar-refractivity contribution in [3.63, 3.8) is 0 Å². The van der Waals surface area contributed by atoms with Crippen molar-refractivity contribution >= 4 is 10.0 Å². The molecule has 21 heavy (non-hydrogen) atoms. The molecule has 0 saturated carbocycles. The Bertz CT molecular complexity index is 510. The van der Waals surface area contributed by atoms with Crippen LogP contribution in [0.1, 0.15) is 32.3 Å². The van der Waals surface area contributed by atoms with Gasteiger partial charge in [-0.2, -0.15) is 4.31 Å². The van der Waals surface area contributed by atoms with Crippen LogP contribution < -0.4 is 5.32 Å². The molecule has 0 heterocycles. The Labute approximate surface area is 128 Å². The molecule has 0 aromatic heterocycles. The first-order chi connectivity index (χ1) is 10.0. The molecule has 2 N–H and O–H groups in total. The number of rotatable bonds is 9. The van der Waals surface area contributed by atoms with E-state index in [1.54, 1.807) is 12.1 Å². The van der Waals surface area contributed by atoms with Crippen molar-refractivity contribution in [2.45, 2.75) is 44.2 Å². The van der Waals surface area contributed by atoms with Crippen LogP contribution in [-0.4, -0.2) is 44.1 Å². The second kappa shape index (κ2) is 8.48. The van der Waals surface area contributed by atoms with Crippen molar-refractivity contribution in [2.75, 3.05) is 20.2 Å². The fourth-order valence-electron chi connectivity index (χ4n) is 2.41. The van der Waals surface area contributed by atoms with Crippen LogP contribution in [0.15, 0.2) is 29.2 Å². The van der Waals surface area contributed by atoms with Gasteiger partial charge in [-0.1, -0.05) is 26.0 Å². The normalized spacial score (nSPS) is 12.3. The summed E-state index contributed by atoms with van der Waals surface area (Å²) in [7, 11) is -1.72. The lowest BCUT2D eigenvalue weighted by Crippen LogP contribution is -2.41. The van der Waals surface area contributed by atoms with Gasteiger partial charge >= 0.3 is 0 Å². The van der Waals surface area contributed by atoms with E-state index in [-0.39, 0.29) is 24.1 Å². The minimum Gasteiger partial charge on any atom is -0.395 e. The van der Waals surface area contributed by atoms with Gasteiger partial charge in [-0.05, 0) is 37.6 Å². The predicted octanol–water partition coefficient (Wildman–Crippen LogP) is 1.58. The number of hydrogen-bond acceptors (Lipinski definition) is 4. The summed E-state index contributed by atoms with van der Waals surface area (Å²) >= 11 is 0. The van der Waals surface area contributed by atoms with Crippen molar-refractivity contribution in [1.29, 1.82) is 0 Å². The summed E-state index contributed by atoms with van der Waals surface area (Å²) in [6.07, 6.45) is 1.46. The van der Waals surface area contributed by atoms with Crippen LogP contribution in [0, 0.1) is 0 Å². The quantitative estimate of drug-likeness (QED) is 0.726. The number of nitrogens with zero attached hydrogens (tertiary/aromatic N) is 1. The summed E-state index contributed by atoms with van der Waals surface area (Å²) in [6.45, 7) is 4.59. The molecule has 0 saturated heterocycles. The molecule has 1 rings (SSSR count). The fourth-order valence-corrected chi connectivity index (χ4v) is 4.18. The van der Waals surface area contributed by atoms with Crippen LogP contribution in [0.4, 0.5) is 0 Å². The highest BCUT2D eigenvalue weighted by Crippen LogP contribution is 2.21. The summed E-state index contributed by atoms with van der Waals surface area (Å²) in [5, 5.41) is 12.2. The van der Waals surface area contributed by atoms with Gasteiger partial charge in [0.05, 0.1) is 11.5 Å². The maximum Gasteiger partial charge on any atom is 0.243 e. The van der Waals surface area contributed by atoms with Gasteiger partial charge in [0.15, 0.2) is 0 Å². The highest BCUT2D eigenvalue weighted by atomic mass is 32.2. The molecule has 0 aliphatic heterocycles. The molecular formula is C15H26N2O3S. The molecule has 0 spiro atoms. The number of aliphatic hydroxyl groups is 1. The smallest absolute Gasteiger partial charge is 0.243 e. The second-order valence-corrected chi connectivity index (χ2v) is 6.87. The second-order valence-electron chi connectivity index (χ2n) is 4.98. The number of benzene rings is 1. The molecule has 0 unspecified atom stereocenters. The van der Waals surface area contributed by atoms with E-state index in [0.717, 1.165) is 18.4 Å². The lowest BCUT2D eigenvalue weighted by Gasteiger charge is -2.29. The largest absolute Gasteiger partial charge is 0.395 e. The fraction of sp³-hybridized carbons (Fsp3) is 0.600. The molecule has 0 aliphatic rings. The van der Waals surface area contributed by atoms with E-state index in [0.29, 0.717) is 6.54 Å². The minimum absolute atomic E-state index is 0.0841. The first kappa shape index (κ1) is 18.1. The number of nitrogens with one attached hydrogen (secondary N) is 1. The summed E-state index contributed by atoms with van der Waals surface area (Å²) in [4.78, 5) is 0.280. The molecule has 1 aromatic rings. The van der Waals surface area contributed by atoms with Crippen LogP contribution in [-0.2, 0) is 16.6 Å². The van der Waals surface area contributed by atoms with E-state index in [1.807, 2.05) is 33.0 Å². The maximum atomic E-state index is 12.7. The van der Waals surface area contributed by atoms with Crippen LogP contribution in [0.25, 0.3) is 0 Å². The Kier molecular flexibility index (Phi) is 7.31. The number of hydrogen-bond donors (Lipinski definition) is 2. The van der Waals surface area contributed by atoms with Gasteiger partial charge in [-0.15, -0.1) is 0 Å². The van der Waals surface area contributed by atoms with Crippen molar-refractivity contribution in [2.24, 2.45) is 0 Å². The van der Waals surface area contributed by atoms with Crippen molar-refractivity contribution < 1.29 is 13.5 Å². The molecular weight excluding hydrogens is 288 g/mol. The third kappa shape index (κ3) is 4.51. The molecule has 1 aromatic carbocycles. The molecule has 6 heteroatoms. The molecule has 0 radical (unpaired) electrons. The lowest BCUT2D eigenvalue weighted by molar-refractivity contribution is 0.219. The third-order valence-corrected chi connectivity index (χ3v) is 5.55. The number of aliphatic hydroxyl groups excluding tert-OH is 1. The SMILES string of the molecule is CCC(CC)N(CCO)S(=O)(=O)c1ccc(CNC)cc1. The average Bonchev–Trinajstić information content (AvgIpc) is 2.48. The van der Waals surface area contributed by atoms with Crippen LogP contribution >= 0.6 is 0 Å². The Morgan fingerprint density at radius 1 is 1.19 bits per heavy atom. The Morgan fingerprint density at radius 2 is 1.76 bits per heavy atom. The predicted molar refractivity (Wildman–Crippen MR) is 84.6 cm³/mol. The van der Waals surface area contributed by atoms with E-state index in [1.165, 1.54) is 4.31 Å². The molecule has 120 valence electrons. The van der Waals surface area contributed by atoms with Gasteiger partial charge in [0.2, 0.25) is 10.0 Å². The van der Waals surface area contributed by atoms with Crippen LogP contribution in [0.5, 0.6) is 0 Å². The zero-order valence-electron chi connectivity index (χ0n) is 13.0. The number of sulfonamides is 1. The van der Waals surface area contributed by atoms with Gasteiger partial charge in [0, 0.05) is 19.1 Å². The first-order valence-electron chi connectivity index (χ1n) is 7.37. The van der Waals surface area contributed by atoms with E-state index in [2.05, 4.69) is 5.32 Å². The Morgan fingerprint density at radius 3 is 2.19 bits per heavy atom. The van der Waals surface area contributed by atoms with Gasteiger partial charge < -0.3 is 10.4 Å². The van der Waals surface area contributed by atoms with Crippen LogP contribution in [0.3, 0.4) is 0 Å². The monoisotopic (exact) mass is 314 g/mol. The summed E-state index contributed by atoms with van der Waals surface area (Å²) in [6, 6.07) is 6.81. The van der Waals surface area contributed by atoms with Crippen molar-refractivity contribution in [1.82, 2.24) is 9.62 Å². The first-order valence-corrected chi connectivity index (χ1v) is 8.81. The van der Waals surface area contributed by atoms with Gasteiger partial charge in [0.1, 0.15) is 0 Å². The maximum absolute atomic E-state index is 12.7. The highest BCUT2D eigenvalue weighted by molar-refractivity contribution is 7.89. The molecule has 0 atom stereocenters. The minimum atomic E-state index is -3.57. The van der Waals surface area contributed by atoms with E-state index < -0.39 is 10.0 Å². The molecule has 0 fully saturated rings. The molecule has 0 aliphatic carbocycles. The standard InChI is InChI=1S/C15H26N2O3S/c1-4-14(5-2)17(10-11-18)21(19,20)15-8-6-13(7-9-15)12-16-3/h6-9,14,16,18H,4-5,10-12H2,1-3H3. The van der Waals surface area contributed by atoms with Gasteiger partial charge in [0.25, 0.3) is 0 Å². The molecule has 0 amide bonds. The van der Waals surface area contributed by atoms with E-state index in [4.69, 9.17) is 0 Å². The Balaban J connectivity index is 3.09. The summed E-state index contributed by atoms with van der Waals surface area (Å²) < 4.78 is 26.9. The lowest BCUT2D eigenvalue weighted by atomic mass is 10.2. The molecule has 5 nitrogen and oxygen atoms in total. The summed E-state index contributed by atoms with van der Waals surface area (Å²) in [5.74, 6) is 0. The zero-order chi connectivity index (χ0) is 15.9. The van der Waals surface area contributed by atoms with Crippen LogP contribution in [0.2, 0.25) is 0 Å². The van der Waals surface area contributed by atoms with E-state index in [9.17, 15) is 13.5 Å². The van der Waals surface area contributed by atoms with Gasteiger partial charge in [-0.3, -0.25) is 0 Å². The van der Waals surface area contributed by atoms with E-state index >= 15 is 0 Å². The third-order valence-electron chi connectivity index (χ3n) is 3.58. The van der Waals surface area contributed by atoms with Crippen molar-refractivity contribution in [3.05, 3.63) is 29.8 Å². The molecule has 0 bridgehead atoms. The summed E-state index contributed by atoms with van der Waals surface area (Å²) in [5.41, 5.74) is 1.03. The van der Waals surface area contributed by atoms with Crippen molar-refractivity contribution in [3.8, 4) is 0 Å². The Hall–Kier alpha value is -0.950. The topological polar surface area (TPSA) is 69.6 Å². The average molecular weight is 314 g/mol.